The van der Waals surface area contributed by atoms with Crippen molar-refractivity contribution in [2.75, 3.05) is 23.7 Å². The van der Waals surface area contributed by atoms with Gasteiger partial charge in [-0.1, -0.05) is 23.9 Å². The van der Waals surface area contributed by atoms with E-state index in [4.69, 9.17) is 0 Å². The van der Waals surface area contributed by atoms with Crippen LogP contribution in [0.1, 0.15) is 11.1 Å². The van der Waals surface area contributed by atoms with Gasteiger partial charge in [0, 0.05) is 18.8 Å². The van der Waals surface area contributed by atoms with Crippen LogP contribution in [-0.2, 0) is 11.2 Å². The number of hydrogen-bond donors (Lipinski definition) is 1. The molecule has 0 bridgehead atoms. The first kappa shape index (κ1) is 13.9. The number of carbonyl (C=O) groups excluding carboxylic acids is 1. The third-order valence-electron chi connectivity index (χ3n) is 3.39. The highest BCUT2D eigenvalue weighted by molar-refractivity contribution is 8.15. The molecule has 1 saturated heterocycles. The maximum Gasteiger partial charge on any atom is 0.236 e. The van der Waals surface area contributed by atoms with E-state index in [2.05, 4.69) is 39.1 Å². The average Bonchev–Trinajstić information content (AvgIpc) is 3.06. The fourth-order valence-corrected chi connectivity index (χ4v) is 3.07. The fourth-order valence-electron chi connectivity index (χ4n) is 2.44. The Balaban J connectivity index is 1.70. The summed E-state index contributed by atoms with van der Waals surface area (Å²) in [5.74, 6) is 0.403. The molecule has 0 aromatic heterocycles. The molecule has 5 nitrogen and oxygen atoms in total. The molecule has 1 aromatic carbocycles. The number of nitrogens with one attached hydrogen (secondary N) is 1. The number of amidine groups is 1. The van der Waals surface area contributed by atoms with E-state index in [-0.39, 0.29) is 5.91 Å². The summed E-state index contributed by atoms with van der Waals surface area (Å²) in [5, 5.41) is 11.2. The van der Waals surface area contributed by atoms with Crippen LogP contribution in [-0.4, -0.2) is 36.1 Å². The summed E-state index contributed by atoms with van der Waals surface area (Å²) in [4.78, 5) is 13.3. The first-order valence-electron chi connectivity index (χ1n) is 6.79. The number of hydrogen-bond acceptors (Lipinski definition) is 5. The molecule has 1 N–H and O–H groups in total. The molecular weight excluding hydrogens is 284 g/mol. The molecule has 0 saturated carbocycles. The number of nitrogens with zero attached hydrogens (tertiary/aromatic N) is 3. The standard InChI is InChI=1S/C15H16N4OS/c1-2-6-19-7-5-12-8-11(3-4-13(12)19)9-16-18-15-17-14(20)10-21-15/h2-4,8-9H,1,5-7,10H2,(H,17,18,20). The molecule has 3 rings (SSSR count). The van der Waals surface area contributed by atoms with Crippen LogP contribution in [0.15, 0.2) is 41.1 Å². The third-order valence-corrected chi connectivity index (χ3v) is 4.25. The Labute approximate surface area is 127 Å². The molecule has 1 aromatic rings. The van der Waals surface area contributed by atoms with Crippen molar-refractivity contribution >= 4 is 34.7 Å². The molecule has 2 aliphatic heterocycles. The summed E-state index contributed by atoms with van der Waals surface area (Å²) in [6, 6.07) is 6.29. The van der Waals surface area contributed by atoms with Crippen LogP contribution in [0.25, 0.3) is 0 Å². The SMILES string of the molecule is C=CCN1CCc2cc(C=NN=C3NC(=O)CS3)ccc21. The highest BCUT2D eigenvalue weighted by Crippen LogP contribution is 2.28. The molecule has 1 amide bonds. The largest absolute Gasteiger partial charge is 0.367 e. The van der Waals surface area contributed by atoms with Crippen molar-refractivity contribution in [2.24, 2.45) is 10.2 Å². The van der Waals surface area contributed by atoms with Gasteiger partial charge in [0.2, 0.25) is 5.91 Å². The Hall–Kier alpha value is -2.08. The van der Waals surface area contributed by atoms with E-state index in [1.807, 2.05) is 12.1 Å². The molecule has 0 radical (unpaired) electrons. The van der Waals surface area contributed by atoms with Gasteiger partial charge >= 0.3 is 0 Å². The number of benzene rings is 1. The molecular formula is C15H16N4OS. The Kier molecular flexibility index (Phi) is 4.06. The van der Waals surface area contributed by atoms with Gasteiger partial charge in [-0.15, -0.1) is 11.7 Å². The second kappa shape index (κ2) is 6.13. The predicted molar refractivity (Wildman–Crippen MR) is 88.2 cm³/mol. The molecule has 0 spiro atoms. The van der Waals surface area contributed by atoms with Crippen molar-refractivity contribution in [3.63, 3.8) is 0 Å². The van der Waals surface area contributed by atoms with Crippen LogP contribution in [0.3, 0.4) is 0 Å². The van der Waals surface area contributed by atoms with Crippen LogP contribution >= 0.6 is 11.8 Å². The van der Waals surface area contributed by atoms with Gasteiger partial charge in [0.05, 0.1) is 12.0 Å². The second-order valence-electron chi connectivity index (χ2n) is 4.86. The van der Waals surface area contributed by atoms with E-state index in [1.54, 1.807) is 6.21 Å². The van der Waals surface area contributed by atoms with E-state index < -0.39 is 0 Å². The van der Waals surface area contributed by atoms with Crippen molar-refractivity contribution < 1.29 is 4.79 Å². The number of anilines is 1. The number of carbonyl (C=O) groups is 1. The van der Waals surface area contributed by atoms with E-state index in [1.165, 1.54) is 23.0 Å². The van der Waals surface area contributed by atoms with Gasteiger partial charge in [0.1, 0.15) is 0 Å². The summed E-state index contributed by atoms with van der Waals surface area (Å²) in [6.45, 7) is 5.70. The molecule has 6 heteroatoms. The van der Waals surface area contributed by atoms with Crippen molar-refractivity contribution in [1.82, 2.24) is 5.32 Å². The smallest absolute Gasteiger partial charge is 0.236 e. The predicted octanol–water partition coefficient (Wildman–Crippen LogP) is 1.79. The molecule has 2 heterocycles. The summed E-state index contributed by atoms with van der Waals surface area (Å²) in [7, 11) is 0. The maximum atomic E-state index is 11.0. The Morgan fingerprint density at radius 2 is 2.38 bits per heavy atom. The first-order valence-corrected chi connectivity index (χ1v) is 7.77. The Bertz CT molecular complexity index is 639. The van der Waals surface area contributed by atoms with E-state index >= 15 is 0 Å². The minimum absolute atomic E-state index is 0.0196. The number of amides is 1. The van der Waals surface area contributed by atoms with Gasteiger partial charge in [-0.25, -0.2) is 0 Å². The van der Waals surface area contributed by atoms with E-state index in [0.29, 0.717) is 10.9 Å². The maximum absolute atomic E-state index is 11.0. The number of fused-ring (bicyclic) bond motifs is 1. The van der Waals surface area contributed by atoms with Crippen molar-refractivity contribution in [2.45, 2.75) is 6.42 Å². The summed E-state index contributed by atoms with van der Waals surface area (Å²) in [6.07, 6.45) is 4.69. The minimum atomic E-state index is -0.0196. The lowest BCUT2D eigenvalue weighted by Gasteiger charge is -2.16. The Morgan fingerprint density at radius 1 is 1.48 bits per heavy atom. The van der Waals surface area contributed by atoms with Crippen molar-refractivity contribution in [3.05, 3.63) is 42.0 Å². The number of thioether (sulfide) groups is 1. The molecule has 108 valence electrons. The minimum Gasteiger partial charge on any atom is -0.367 e. The van der Waals surface area contributed by atoms with Crippen LogP contribution < -0.4 is 10.2 Å². The Morgan fingerprint density at radius 3 is 3.14 bits per heavy atom. The van der Waals surface area contributed by atoms with Gasteiger partial charge in [0.15, 0.2) is 5.17 Å². The zero-order valence-corrected chi connectivity index (χ0v) is 12.4. The lowest BCUT2D eigenvalue weighted by Crippen LogP contribution is -2.19. The van der Waals surface area contributed by atoms with Gasteiger partial charge in [-0.2, -0.15) is 5.10 Å². The summed E-state index contributed by atoms with van der Waals surface area (Å²) in [5.41, 5.74) is 3.63. The summed E-state index contributed by atoms with van der Waals surface area (Å²) < 4.78 is 0. The zero-order valence-electron chi connectivity index (χ0n) is 11.6. The number of rotatable bonds is 4. The van der Waals surface area contributed by atoms with Gasteiger partial charge in [0.25, 0.3) is 0 Å². The quantitative estimate of drug-likeness (QED) is 0.524. The highest BCUT2D eigenvalue weighted by Gasteiger charge is 2.18. The third kappa shape index (κ3) is 3.16. The first-order chi connectivity index (χ1) is 10.3. The second-order valence-corrected chi connectivity index (χ2v) is 5.82. The highest BCUT2D eigenvalue weighted by atomic mass is 32.2. The van der Waals surface area contributed by atoms with Gasteiger partial charge in [-0.3, -0.25) is 4.79 Å². The van der Waals surface area contributed by atoms with Gasteiger partial charge in [-0.05, 0) is 29.7 Å². The van der Waals surface area contributed by atoms with Crippen molar-refractivity contribution in [3.8, 4) is 0 Å². The topological polar surface area (TPSA) is 57.1 Å². The van der Waals surface area contributed by atoms with Gasteiger partial charge < -0.3 is 10.2 Å². The zero-order chi connectivity index (χ0) is 14.7. The van der Waals surface area contributed by atoms with Crippen LogP contribution in [0.5, 0.6) is 0 Å². The lowest BCUT2D eigenvalue weighted by atomic mass is 10.1. The van der Waals surface area contributed by atoms with Crippen LogP contribution in [0.2, 0.25) is 0 Å². The average molecular weight is 300 g/mol. The molecule has 2 aliphatic rings. The monoisotopic (exact) mass is 300 g/mol. The van der Waals surface area contributed by atoms with E-state index in [9.17, 15) is 4.79 Å². The van der Waals surface area contributed by atoms with Crippen molar-refractivity contribution in [1.29, 1.82) is 0 Å². The molecule has 0 atom stereocenters. The fraction of sp³-hybridized carbons (Fsp3) is 0.267. The van der Waals surface area contributed by atoms with Crippen LogP contribution in [0, 0.1) is 0 Å². The van der Waals surface area contributed by atoms with E-state index in [0.717, 1.165) is 25.1 Å². The normalized spacial score (nSPS) is 19.3. The molecule has 1 fully saturated rings. The lowest BCUT2D eigenvalue weighted by molar-refractivity contribution is -0.116. The summed E-state index contributed by atoms with van der Waals surface area (Å²) >= 11 is 1.37. The molecule has 0 aliphatic carbocycles. The molecule has 0 unspecified atom stereocenters. The molecule has 21 heavy (non-hydrogen) atoms. The van der Waals surface area contributed by atoms with Crippen LogP contribution in [0.4, 0.5) is 5.69 Å².